The third-order valence-corrected chi connectivity index (χ3v) is 6.56. The van der Waals surface area contributed by atoms with Gasteiger partial charge in [0.15, 0.2) is 0 Å². The van der Waals surface area contributed by atoms with E-state index >= 15 is 0 Å². The number of carbonyl (C=O) groups excluding carboxylic acids is 1. The lowest BCUT2D eigenvalue weighted by Gasteiger charge is -2.38. The fraction of sp³-hybridized carbons (Fsp3) is 0.579. The number of rotatable bonds is 5. The Labute approximate surface area is 162 Å². The first-order chi connectivity index (χ1) is 13.1. The predicted octanol–water partition coefficient (Wildman–Crippen LogP) is 2.31. The van der Waals surface area contributed by atoms with E-state index in [1.165, 1.54) is 12.8 Å². The summed E-state index contributed by atoms with van der Waals surface area (Å²) >= 11 is 6.01. The predicted molar refractivity (Wildman–Crippen MR) is 102 cm³/mol. The minimum Gasteiger partial charge on any atom is -0.351 e. The van der Waals surface area contributed by atoms with Crippen LogP contribution < -0.4 is 10.2 Å². The molecule has 2 saturated carbocycles. The monoisotopic (exact) mass is 386 g/mol. The number of benzene rings is 1. The quantitative estimate of drug-likeness (QED) is 0.823. The van der Waals surface area contributed by atoms with Crippen LogP contribution in [0, 0.1) is 11.8 Å². The highest BCUT2D eigenvalue weighted by Crippen LogP contribution is 2.49. The molecule has 1 aliphatic heterocycles. The molecule has 8 heteroatoms. The van der Waals surface area contributed by atoms with Crippen LogP contribution in [-0.4, -0.2) is 45.7 Å². The maximum atomic E-state index is 13.2. The van der Waals surface area contributed by atoms with Crippen molar-refractivity contribution in [1.29, 1.82) is 0 Å². The largest absolute Gasteiger partial charge is 0.351 e. The average molecular weight is 387 g/mol. The van der Waals surface area contributed by atoms with Gasteiger partial charge in [0.25, 0.3) is 5.95 Å². The Morgan fingerprint density at radius 1 is 1.19 bits per heavy atom. The van der Waals surface area contributed by atoms with E-state index in [0.717, 1.165) is 43.8 Å². The summed E-state index contributed by atoms with van der Waals surface area (Å²) in [6.45, 7) is 1.67. The molecule has 7 nitrogen and oxygen atoms in total. The van der Waals surface area contributed by atoms with Gasteiger partial charge in [-0.05, 0) is 66.8 Å². The third kappa shape index (κ3) is 3.29. The van der Waals surface area contributed by atoms with Crippen molar-refractivity contribution in [2.75, 3.05) is 18.0 Å². The Kier molecular flexibility index (Phi) is 4.07. The number of halogens is 1. The van der Waals surface area contributed by atoms with Crippen molar-refractivity contribution in [3.05, 3.63) is 34.9 Å². The van der Waals surface area contributed by atoms with Gasteiger partial charge >= 0.3 is 0 Å². The second-order valence-corrected chi connectivity index (χ2v) is 8.65. The van der Waals surface area contributed by atoms with Gasteiger partial charge in [-0.15, -0.1) is 5.10 Å². The molecule has 0 spiro atoms. The summed E-state index contributed by atoms with van der Waals surface area (Å²) in [6.07, 6.45) is 5.41. The van der Waals surface area contributed by atoms with Gasteiger partial charge in [-0.2, -0.15) is 5.21 Å². The van der Waals surface area contributed by atoms with Crippen molar-refractivity contribution in [2.45, 2.75) is 43.6 Å². The Balaban J connectivity index is 1.31. The maximum Gasteiger partial charge on any atom is 0.265 e. The van der Waals surface area contributed by atoms with Crippen LogP contribution in [0.4, 0.5) is 5.95 Å². The van der Waals surface area contributed by atoms with E-state index < -0.39 is 0 Å². The Morgan fingerprint density at radius 2 is 1.96 bits per heavy atom. The summed E-state index contributed by atoms with van der Waals surface area (Å²) < 4.78 is 0. The lowest BCUT2D eigenvalue weighted by Crippen LogP contribution is -2.53. The number of aromatic nitrogens is 4. The molecule has 0 bridgehead atoms. The third-order valence-electron chi connectivity index (χ3n) is 6.31. The number of hydrogen-bond acceptors (Lipinski definition) is 5. The smallest absolute Gasteiger partial charge is 0.265 e. The highest BCUT2D eigenvalue weighted by atomic mass is 35.5. The molecule has 3 aliphatic rings. The number of nitrogens with zero attached hydrogens (tertiary/aromatic N) is 4. The molecule has 2 aromatic rings. The highest BCUT2D eigenvalue weighted by Gasteiger charge is 2.52. The SMILES string of the molecule is O=C(NC1CC(C2CC2)CN(c2nn[nH]n2)C1)C1(c2ccc(Cl)cc2)CC1. The number of tetrazole rings is 1. The van der Waals surface area contributed by atoms with E-state index in [4.69, 9.17) is 11.6 Å². The van der Waals surface area contributed by atoms with Crippen LogP contribution in [0.5, 0.6) is 0 Å². The zero-order valence-corrected chi connectivity index (χ0v) is 15.8. The van der Waals surface area contributed by atoms with Crippen molar-refractivity contribution >= 4 is 23.5 Å². The van der Waals surface area contributed by atoms with E-state index in [0.29, 0.717) is 16.9 Å². The second kappa shape index (κ2) is 6.48. The minimum absolute atomic E-state index is 0.111. The first-order valence-corrected chi connectivity index (χ1v) is 10.1. The summed E-state index contributed by atoms with van der Waals surface area (Å²) in [5, 5.41) is 18.5. The number of piperidine rings is 1. The molecule has 1 aromatic heterocycles. The van der Waals surface area contributed by atoms with Gasteiger partial charge in [0.05, 0.1) is 5.41 Å². The van der Waals surface area contributed by atoms with Gasteiger partial charge in [0.1, 0.15) is 0 Å². The molecule has 1 amide bonds. The Bertz CT molecular complexity index is 815. The summed E-state index contributed by atoms with van der Waals surface area (Å²) in [5.74, 6) is 2.11. The summed E-state index contributed by atoms with van der Waals surface area (Å²) in [4.78, 5) is 15.3. The number of carbonyl (C=O) groups is 1. The number of anilines is 1. The average Bonchev–Trinajstić information content (AvgIpc) is 3.60. The van der Waals surface area contributed by atoms with Crippen molar-refractivity contribution in [2.24, 2.45) is 11.8 Å². The van der Waals surface area contributed by atoms with Crippen LogP contribution in [0.15, 0.2) is 24.3 Å². The van der Waals surface area contributed by atoms with Crippen LogP contribution >= 0.6 is 11.6 Å². The molecule has 5 rings (SSSR count). The molecule has 2 unspecified atom stereocenters. The van der Waals surface area contributed by atoms with Crippen LogP contribution in [0.1, 0.15) is 37.7 Å². The molecular formula is C19H23ClN6O. The topological polar surface area (TPSA) is 86.8 Å². The molecule has 1 saturated heterocycles. The van der Waals surface area contributed by atoms with E-state index in [-0.39, 0.29) is 17.4 Å². The molecule has 27 heavy (non-hydrogen) atoms. The molecule has 2 heterocycles. The number of amides is 1. The summed E-state index contributed by atoms with van der Waals surface area (Å²) in [6, 6.07) is 7.81. The van der Waals surface area contributed by atoms with Crippen molar-refractivity contribution in [3.8, 4) is 0 Å². The number of aromatic amines is 1. The van der Waals surface area contributed by atoms with Gasteiger partial charge in [-0.1, -0.05) is 28.8 Å². The molecular weight excluding hydrogens is 364 g/mol. The van der Waals surface area contributed by atoms with Crippen LogP contribution in [0.3, 0.4) is 0 Å². The fourth-order valence-electron chi connectivity index (χ4n) is 4.47. The van der Waals surface area contributed by atoms with Gasteiger partial charge in [-0.25, -0.2) is 0 Å². The van der Waals surface area contributed by atoms with Crippen LogP contribution in [0.2, 0.25) is 5.02 Å². The molecule has 1 aromatic carbocycles. The van der Waals surface area contributed by atoms with E-state index in [2.05, 4.69) is 30.8 Å². The highest BCUT2D eigenvalue weighted by molar-refractivity contribution is 6.30. The molecule has 0 radical (unpaired) electrons. The summed E-state index contributed by atoms with van der Waals surface area (Å²) in [7, 11) is 0. The Hall–Kier alpha value is -2.15. The minimum atomic E-state index is -0.381. The molecule has 2 N–H and O–H groups in total. The van der Waals surface area contributed by atoms with E-state index in [1.807, 2.05) is 24.3 Å². The molecule has 2 aliphatic carbocycles. The lowest BCUT2D eigenvalue weighted by atomic mass is 9.89. The van der Waals surface area contributed by atoms with Crippen LogP contribution in [0.25, 0.3) is 0 Å². The first kappa shape index (κ1) is 17.0. The van der Waals surface area contributed by atoms with E-state index in [9.17, 15) is 4.79 Å². The molecule has 3 fully saturated rings. The van der Waals surface area contributed by atoms with Crippen molar-refractivity contribution in [1.82, 2.24) is 25.9 Å². The number of H-pyrrole nitrogens is 1. The summed E-state index contributed by atoms with van der Waals surface area (Å²) in [5.41, 5.74) is 0.683. The second-order valence-electron chi connectivity index (χ2n) is 8.21. The number of hydrogen-bond donors (Lipinski definition) is 2. The first-order valence-electron chi connectivity index (χ1n) is 9.69. The number of nitrogens with one attached hydrogen (secondary N) is 2. The Morgan fingerprint density at radius 3 is 2.59 bits per heavy atom. The van der Waals surface area contributed by atoms with Gasteiger partial charge in [0, 0.05) is 24.2 Å². The van der Waals surface area contributed by atoms with Crippen LogP contribution in [-0.2, 0) is 10.2 Å². The van der Waals surface area contributed by atoms with Gasteiger partial charge < -0.3 is 10.2 Å². The van der Waals surface area contributed by atoms with Gasteiger partial charge in [-0.3, -0.25) is 4.79 Å². The zero-order valence-electron chi connectivity index (χ0n) is 15.1. The fourth-order valence-corrected chi connectivity index (χ4v) is 4.60. The van der Waals surface area contributed by atoms with Crippen molar-refractivity contribution < 1.29 is 4.79 Å². The zero-order chi connectivity index (χ0) is 18.4. The molecule has 142 valence electrons. The van der Waals surface area contributed by atoms with E-state index in [1.54, 1.807) is 0 Å². The van der Waals surface area contributed by atoms with Crippen molar-refractivity contribution in [3.63, 3.8) is 0 Å². The maximum absolute atomic E-state index is 13.2. The lowest BCUT2D eigenvalue weighted by molar-refractivity contribution is -0.124. The van der Waals surface area contributed by atoms with Gasteiger partial charge in [0.2, 0.25) is 5.91 Å². The molecule has 2 atom stereocenters. The normalized spacial score (nSPS) is 26.6. The standard InChI is InChI=1S/C19H23ClN6O/c20-15-5-3-14(4-6-15)19(7-8-19)17(27)21-16-9-13(12-1-2-12)10-26(11-16)18-22-24-25-23-18/h3-6,12-13,16H,1-2,7-11H2,(H,21,27)(H,22,23,24,25).